The predicted octanol–water partition coefficient (Wildman–Crippen LogP) is 3.06. The minimum absolute atomic E-state index is 0.139. The van der Waals surface area contributed by atoms with Crippen LogP contribution in [0.25, 0.3) is 0 Å². The predicted molar refractivity (Wildman–Crippen MR) is 46.7 cm³/mol. The summed E-state index contributed by atoms with van der Waals surface area (Å²) in [7, 11) is 14.8. The molecule has 48 valence electrons. The highest BCUT2D eigenvalue weighted by atomic mass is 35.8. The van der Waals surface area contributed by atoms with E-state index in [2.05, 4.69) is 17.4 Å². The Hall–Kier alpha value is 1.93. The first-order valence-corrected chi connectivity index (χ1v) is 11.1. The van der Waals surface area contributed by atoms with Crippen molar-refractivity contribution < 1.29 is 0 Å². The molecule has 0 N–H and O–H groups in total. The molecule has 5 heteroatoms. The van der Waals surface area contributed by atoms with Crippen LogP contribution in [0.1, 0.15) is 0 Å². The molecule has 0 saturated heterocycles. The molecule has 0 saturated carbocycles. The van der Waals surface area contributed by atoms with Gasteiger partial charge in [-0.1, -0.05) is 0 Å². The van der Waals surface area contributed by atoms with E-state index >= 15 is 0 Å². The molecule has 0 unspecified atom stereocenters. The van der Waals surface area contributed by atoms with E-state index in [-0.39, 0.29) is 14.1 Å². The van der Waals surface area contributed by atoms with E-state index in [0.29, 0.717) is 0 Å². The lowest BCUT2D eigenvalue weighted by atomic mass is 11.8. The summed E-state index contributed by atoms with van der Waals surface area (Å²) in [4.78, 5) is 0. The lowest BCUT2D eigenvalue weighted by molar-refractivity contribution is 1.91. The highest BCUT2D eigenvalue weighted by Gasteiger charge is 2.00. The molecule has 0 aromatic carbocycles. The molecule has 0 aromatic heterocycles. The Balaban J connectivity index is 0. The van der Waals surface area contributed by atoms with E-state index in [1.165, 1.54) is 0 Å². The smallest absolute Gasteiger partial charge is 0.214 e. The molecule has 0 amide bonds. The summed E-state index contributed by atoms with van der Waals surface area (Å²) in [5, 5.41) is 0. The van der Waals surface area contributed by atoms with Crippen LogP contribution in [0.15, 0.2) is 0 Å². The minimum Gasteiger partial charge on any atom is -0.214 e. The third-order valence-electron chi connectivity index (χ3n) is 0. The highest BCUT2D eigenvalue weighted by Crippen LogP contribution is 1.97. The second kappa shape index (κ2) is 8.93. The third kappa shape index (κ3) is 102. The number of hydrogen-bond acceptors (Lipinski definition) is 0. The molecule has 0 bridgehead atoms. The molecule has 0 radical (unpaired) electrons. The molecule has 0 heterocycles. The molecule has 0 aliphatic carbocycles. The van der Waals surface area contributed by atoms with Crippen molar-refractivity contribution in [3.8, 4) is 0 Å². The van der Waals surface area contributed by atoms with Crippen molar-refractivity contribution in [3.05, 3.63) is 0 Å². The Kier molecular flexibility index (Phi) is 14.1. The van der Waals surface area contributed by atoms with Gasteiger partial charge in [0, 0.05) is 0 Å². The van der Waals surface area contributed by atoms with Crippen LogP contribution in [0, 0.1) is 0 Å². The molecule has 0 aliphatic heterocycles. The molecule has 0 atom stereocenters. The van der Waals surface area contributed by atoms with Gasteiger partial charge in [-0.15, -0.1) is 17.4 Å². The third-order valence-corrected chi connectivity index (χ3v) is 0. The van der Waals surface area contributed by atoms with Gasteiger partial charge in [0.15, 0.2) is 0 Å². The van der Waals surface area contributed by atoms with Crippen molar-refractivity contribution in [2.24, 2.45) is 0 Å². The number of rotatable bonds is 0. The summed E-state index contributed by atoms with van der Waals surface area (Å²) in [5.74, 6) is 6.92. The van der Waals surface area contributed by atoms with E-state index in [1.807, 2.05) is 0 Å². The SMILES string of the molecule is [CH3][Al]([CH3])[CH3].[Cl][Al]([Cl])[Cl]. The van der Waals surface area contributed by atoms with E-state index in [9.17, 15) is 0 Å². The van der Waals surface area contributed by atoms with Crippen LogP contribution >= 0.6 is 30.1 Å². The summed E-state index contributed by atoms with van der Waals surface area (Å²) in [5.41, 5.74) is 0. The summed E-state index contributed by atoms with van der Waals surface area (Å²) >= 11 is -1.86. The van der Waals surface area contributed by atoms with Gasteiger partial charge in [-0.05, 0) is 0 Å². The average Bonchev–Trinajstić information content (AvgIpc) is 1.25. The molecule has 0 aromatic rings. The Morgan fingerprint density at radius 3 is 0.875 bits per heavy atom. The summed E-state index contributed by atoms with van der Waals surface area (Å²) in [6.45, 7) is 0. The Morgan fingerprint density at radius 2 is 0.875 bits per heavy atom. The maximum Gasteiger partial charge on any atom is 0.643 e. The molecule has 0 spiro atoms. The standard InChI is InChI=1S/3CH3.2Al.3ClH/h3*1H3;;;3*1H/q;;;;+3;;;/p-3. The quantitative estimate of drug-likeness (QED) is 0.533. The molecule has 0 nitrogen and oxygen atoms in total. The molecular weight excluding hydrogens is 196 g/mol. The zero-order valence-corrected chi connectivity index (χ0v) is 9.87. The molecule has 8 heavy (non-hydrogen) atoms. The van der Waals surface area contributed by atoms with E-state index < -0.39 is 11.4 Å². The first kappa shape index (κ1) is 12.6. The van der Waals surface area contributed by atoms with Crippen LogP contribution < -0.4 is 0 Å². The van der Waals surface area contributed by atoms with Crippen molar-refractivity contribution in [1.29, 1.82) is 0 Å². The maximum absolute atomic E-state index is 4.94. The lowest BCUT2D eigenvalue weighted by Gasteiger charge is -1.67. The van der Waals surface area contributed by atoms with Crippen molar-refractivity contribution in [1.82, 2.24) is 0 Å². The van der Waals surface area contributed by atoms with Crippen molar-refractivity contribution >= 4 is 55.7 Å². The van der Waals surface area contributed by atoms with Gasteiger partial charge in [0.05, 0.1) is 0 Å². The zero-order chi connectivity index (χ0) is 7.15. The largest absolute Gasteiger partial charge is 0.643 e. The zero-order valence-electron chi connectivity index (χ0n) is 5.29. The highest BCUT2D eigenvalue weighted by molar-refractivity contribution is 7.54. The van der Waals surface area contributed by atoms with E-state index in [4.69, 9.17) is 30.1 Å². The lowest BCUT2D eigenvalue weighted by Crippen LogP contribution is -1.84. The van der Waals surface area contributed by atoms with Gasteiger partial charge in [0.25, 0.3) is 14.1 Å². The minimum atomic E-state index is -1.72. The topological polar surface area (TPSA) is 0 Å². The van der Waals surface area contributed by atoms with Crippen LogP contribution in [-0.2, 0) is 0 Å². The van der Waals surface area contributed by atoms with Crippen LogP contribution in [0.4, 0.5) is 0 Å². The normalized spacial score (nSPS) is 6.75. The Bertz CT molecular complexity index is 28.0. The molecule has 0 rings (SSSR count). The van der Waals surface area contributed by atoms with Crippen molar-refractivity contribution in [3.63, 3.8) is 0 Å². The Labute approximate surface area is 72.5 Å². The Morgan fingerprint density at radius 1 is 0.875 bits per heavy atom. The summed E-state index contributed by atoms with van der Waals surface area (Å²) < 4.78 is 0. The second-order valence-corrected chi connectivity index (χ2v) is 11.9. The summed E-state index contributed by atoms with van der Waals surface area (Å²) in [6.07, 6.45) is 0. The van der Waals surface area contributed by atoms with Crippen LogP contribution in [-0.4, -0.2) is 25.5 Å². The monoisotopic (exact) mass is 204 g/mol. The fourth-order valence-electron chi connectivity index (χ4n) is 0. The van der Waals surface area contributed by atoms with Crippen molar-refractivity contribution in [2.45, 2.75) is 17.4 Å². The fourth-order valence-corrected chi connectivity index (χ4v) is 0. The fraction of sp³-hybridized carbons (Fsp3) is 1.00. The number of hydrogen-bond donors (Lipinski definition) is 0. The van der Waals surface area contributed by atoms with E-state index in [1.54, 1.807) is 0 Å². The maximum atomic E-state index is 4.94. The van der Waals surface area contributed by atoms with Gasteiger partial charge in [0.2, 0.25) is 0 Å². The van der Waals surface area contributed by atoms with Crippen LogP contribution in [0.2, 0.25) is 17.4 Å². The second-order valence-electron chi connectivity index (χ2n) is 1.98. The van der Waals surface area contributed by atoms with Gasteiger partial charge in [-0.25, -0.2) is 30.1 Å². The number of halogens is 3. The van der Waals surface area contributed by atoms with Gasteiger partial charge < -0.3 is 0 Å². The van der Waals surface area contributed by atoms with Crippen LogP contribution in [0.5, 0.6) is 0 Å². The van der Waals surface area contributed by atoms with Gasteiger partial charge in [-0.3, -0.25) is 0 Å². The van der Waals surface area contributed by atoms with Gasteiger partial charge >= 0.3 is 11.4 Å². The average molecular weight is 205 g/mol. The molecular formula is C3H9Al2Cl3. The molecule has 0 fully saturated rings. The first-order valence-electron chi connectivity index (χ1n) is 2.39. The van der Waals surface area contributed by atoms with E-state index in [0.717, 1.165) is 0 Å². The first-order chi connectivity index (χ1) is 3.46. The summed E-state index contributed by atoms with van der Waals surface area (Å²) in [6, 6.07) is 0. The van der Waals surface area contributed by atoms with Crippen LogP contribution in [0.3, 0.4) is 0 Å². The van der Waals surface area contributed by atoms with Gasteiger partial charge in [0.1, 0.15) is 0 Å². The molecule has 0 aliphatic rings. The van der Waals surface area contributed by atoms with Crippen molar-refractivity contribution in [2.75, 3.05) is 0 Å². The van der Waals surface area contributed by atoms with Gasteiger partial charge in [-0.2, -0.15) is 0 Å².